The van der Waals surface area contributed by atoms with Crippen LogP contribution in [0.1, 0.15) is 35.0 Å². The van der Waals surface area contributed by atoms with Gasteiger partial charge in [0.1, 0.15) is 18.5 Å². The summed E-state index contributed by atoms with van der Waals surface area (Å²) in [6, 6.07) is 14.2. The number of thiophene rings is 1. The molecule has 2 amide bonds. The molecule has 1 fully saturated rings. The standard InChI is InChI=1S/C24H21FN2O4S/c1-2-30-23(28)21-20-18(16-8-10-17(25)11-9-16)14-32-22(20)19-12-26(21)24(29)27(19)31-13-15-6-4-3-5-7-15/h3-11,14,19,21H,2,12-13H2,1H3/t19-,21?/m1/s1. The maximum Gasteiger partial charge on any atom is 0.345 e. The van der Waals surface area contributed by atoms with Crippen LogP contribution in [0.5, 0.6) is 0 Å². The third kappa shape index (κ3) is 3.45. The van der Waals surface area contributed by atoms with Crippen molar-refractivity contribution in [2.75, 3.05) is 13.2 Å². The zero-order valence-corrected chi connectivity index (χ0v) is 18.2. The normalized spacial score (nSPS) is 19.2. The van der Waals surface area contributed by atoms with Gasteiger partial charge in [0.05, 0.1) is 13.2 Å². The summed E-state index contributed by atoms with van der Waals surface area (Å²) in [6.45, 7) is 2.53. The van der Waals surface area contributed by atoms with Crippen LogP contribution in [0.4, 0.5) is 9.18 Å². The second-order valence-corrected chi connectivity index (χ2v) is 8.54. The largest absolute Gasteiger partial charge is 0.464 e. The number of urea groups is 1. The van der Waals surface area contributed by atoms with E-state index in [1.807, 2.05) is 35.7 Å². The van der Waals surface area contributed by atoms with E-state index in [0.717, 1.165) is 27.1 Å². The SMILES string of the molecule is CCOC(=O)C1c2c(-c3ccc(F)cc3)csc2[C@H]2CN1C(=O)N2OCc1ccccc1. The maximum atomic E-state index is 13.5. The summed E-state index contributed by atoms with van der Waals surface area (Å²) in [4.78, 5) is 34.6. The molecule has 1 unspecified atom stereocenters. The predicted octanol–water partition coefficient (Wildman–Crippen LogP) is 5.08. The lowest BCUT2D eigenvalue weighted by molar-refractivity contribution is -0.148. The zero-order chi connectivity index (χ0) is 22.2. The molecule has 3 heterocycles. The van der Waals surface area contributed by atoms with Gasteiger partial charge in [-0.1, -0.05) is 42.5 Å². The van der Waals surface area contributed by atoms with Crippen LogP contribution in [0.25, 0.3) is 11.1 Å². The quantitative estimate of drug-likeness (QED) is 0.489. The molecule has 5 rings (SSSR count). The van der Waals surface area contributed by atoms with E-state index in [4.69, 9.17) is 9.57 Å². The van der Waals surface area contributed by atoms with Crippen LogP contribution in [0.2, 0.25) is 0 Å². The van der Waals surface area contributed by atoms with Gasteiger partial charge in [-0.2, -0.15) is 5.06 Å². The third-order valence-corrected chi connectivity index (χ3v) is 6.81. The van der Waals surface area contributed by atoms with Crippen LogP contribution < -0.4 is 0 Å². The number of fused-ring (bicyclic) bond motifs is 4. The van der Waals surface area contributed by atoms with Gasteiger partial charge in [-0.15, -0.1) is 11.3 Å². The van der Waals surface area contributed by atoms with Gasteiger partial charge in [-0.05, 0) is 41.1 Å². The van der Waals surface area contributed by atoms with Crippen LogP contribution in [-0.2, 0) is 21.0 Å². The first kappa shape index (κ1) is 20.7. The highest BCUT2D eigenvalue weighted by atomic mass is 32.1. The summed E-state index contributed by atoms with van der Waals surface area (Å²) < 4.78 is 18.8. The fraction of sp³-hybridized carbons (Fsp3) is 0.250. The Kier molecular flexibility index (Phi) is 5.40. The molecule has 2 aromatic carbocycles. The molecule has 2 atom stereocenters. The molecule has 2 aliphatic heterocycles. The van der Waals surface area contributed by atoms with Crippen LogP contribution in [0, 0.1) is 5.82 Å². The number of hydrogen-bond donors (Lipinski definition) is 0. The first-order valence-corrected chi connectivity index (χ1v) is 11.3. The summed E-state index contributed by atoms with van der Waals surface area (Å²) in [6.07, 6.45) is 0. The lowest BCUT2D eigenvalue weighted by atomic mass is 9.92. The molecule has 0 spiro atoms. The number of hydroxylamine groups is 2. The third-order valence-electron chi connectivity index (χ3n) is 5.71. The van der Waals surface area contributed by atoms with E-state index in [-0.39, 0.29) is 31.1 Å². The number of nitrogens with zero attached hydrogens (tertiary/aromatic N) is 2. The number of rotatable bonds is 6. The molecule has 8 heteroatoms. The summed E-state index contributed by atoms with van der Waals surface area (Å²) in [5.41, 5.74) is 3.26. The van der Waals surface area contributed by atoms with E-state index in [1.165, 1.54) is 33.4 Å². The van der Waals surface area contributed by atoms with Crippen molar-refractivity contribution in [1.82, 2.24) is 9.96 Å². The van der Waals surface area contributed by atoms with Gasteiger partial charge < -0.3 is 9.64 Å². The number of esters is 1. The number of halogens is 1. The first-order chi connectivity index (χ1) is 15.6. The van der Waals surface area contributed by atoms with Gasteiger partial charge in [-0.25, -0.2) is 14.0 Å². The highest BCUT2D eigenvalue weighted by molar-refractivity contribution is 7.10. The molecular formula is C24H21FN2O4S. The van der Waals surface area contributed by atoms with E-state index in [9.17, 15) is 14.0 Å². The zero-order valence-electron chi connectivity index (χ0n) is 17.4. The van der Waals surface area contributed by atoms with Crippen molar-refractivity contribution < 1.29 is 23.6 Å². The summed E-state index contributed by atoms with van der Waals surface area (Å²) >= 11 is 1.47. The smallest absolute Gasteiger partial charge is 0.345 e. The van der Waals surface area contributed by atoms with E-state index in [0.29, 0.717) is 6.54 Å². The molecule has 2 bridgehead atoms. The second kappa shape index (κ2) is 8.37. The average Bonchev–Trinajstić information content (AvgIpc) is 3.35. The lowest BCUT2D eigenvalue weighted by Crippen LogP contribution is -2.39. The molecular weight excluding hydrogens is 431 g/mol. The topological polar surface area (TPSA) is 59.1 Å². The molecule has 0 N–H and O–H groups in total. The summed E-state index contributed by atoms with van der Waals surface area (Å²) in [5, 5.41) is 3.32. The number of carbonyl (C=O) groups excluding carboxylic acids is 2. The fourth-order valence-electron chi connectivity index (χ4n) is 4.26. The Morgan fingerprint density at radius 2 is 1.91 bits per heavy atom. The Morgan fingerprint density at radius 1 is 1.16 bits per heavy atom. The van der Waals surface area contributed by atoms with Crippen molar-refractivity contribution >= 4 is 23.3 Å². The van der Waals surface area contributed by atoms with Crippen LogP contribution in [0.3, 0.4) is 0 Å². The molecule has 1 aromatic heterocycles. The predicted molar refractivity (Wildman–Crippen MR) is 117 cm³/mol. The van der Waals surface area contributed by atoms with Crippen LogP contribution in [-0.4, -0.2) is 35.1 Å². The van der Waals surface area contributed by atoms with Gasteiger partial charge >= 0.3 is 12.0 Å². The molecule has 0 saturated carbocycles. The minimum atomic E-state index is -0.870. The highest BCUT2D eigenvalue weighted by Crippen LogP contribution is 2.51. The Morgan fingerprint density at radius 3 is 2.62 bits per heavy atom. The Labute approximate surface area is 188 Å². The Bertz CT molecular complexity index is 1150. The second-order valence-electron chi connectivity index (χ2n) is 7.62. The lowest BCUT2D eigenvalue weighted by Gasteiger charge is -2.30. The van der Waals surface area contributed by atoms with Crippen LogP contribution in [0.15, 0.2) is 60.0 Å². The molecule has 2 aliphatic rings. The molecule has 3 aromatic rings. The maximum absolute atomic E-state index is 13.5. The van der Waals surface area contributed by atoms with E-state index >= 15 is 0 Å². The Hall–Kier alpha value is -3.23. The van der Waals surface area contributed by atoms with Crippen molar-refractivity contribution in [3.05, 3.63) is 81.8 Å². The van der Waals surface area contributed by atoms with Crippen molar-refractivity contribution in [3.63, 3.8) is 0 Å². The molecule has 0 aliphatic carbocycles. The minimum Gasteiger partial charge on any atom is -0.464 e. The fourth-order valence-corrected chi connectivity index (χ4v) is 5.45. The summed E-state index contributed by atoms with van der Waals surface area (Å²) in [5.74, 6) is -0.813. The van der Waals surface area contributed by atoms with Crippen LogP contribution >= 0.6 is 11.3 Å². The van der Waals surface area contributed by atoms with Crippen molar-refractivity contribution in [3.8, 4) is 11.1 Å². The van der Waals surface area contributed by atoms with E-state index < -0.39 is 12.0 Å². The molecule has 0 radical (unpaired) electrons. The minimum absolute atomic E-state index is 0.209. The molecule has 164 valence electrons. The van der Waals surface area contributed by atoms with Crippen molar-refractivity contribution in [2.24, 2.45) is 0 Å². The summed E-state index contributed by atoms with van der Waals surface area (Å²) in [7, 11) is 0. The molecule has 6 nitrogen and oxygen atoms in total. The van der Waals surface area contributed by atoms with Gasteiger partial charge in [0.2, 0.25) is 0 Å². The van der Waals surface area contributed by atoms with Crippen molar-refractivity contribution in [1.29, 1.82) is 0 Å². The number of carbonyl (C=O) groups is 2. The van der Waals surface area contributed by atoms with Gasteiger partial charge in [0.15, 0.2) is 6.04 Å². The van der Waals surface area contributed by atoms with Gasteiger partial charge in [-0.3, -0.25) is 4.84 Å². The first-order valence-electron chi connectivity index (χ1n) is 10.4. The van der Waals surface area contributed by atoms with Crippen molar-refractivity contribution in [2.45, 2.75) is 25.6 Å². The molecule has 1 saturated heterocycles. The monoisotopic (exact) mass is 452 g/mol. The molecule has 32 heavy (non-hydrogen) atoms. The average molecular weight is 453 g/mol. The highest BCUT2D eigenvalue weighted by Gasteiger charge is 2.53. The Balaban J connectivity index is 1.54. The van der Waals surface area contributed by atoms with E-state index in [2.05, 4.69) is 0 Å². The number of amides is 2. The number of benzene rings is 2. The number of hydrogen-bond acceptors (Lipinski definition) is 5. The van der Waals surface area contributed by atoms with Gasteiger partial charge in [0, 0.05) is 10.4 Å². The van der Waals surface area contributed by atoms with Gasteiger partial charge in [0.25, 0.3) is 0 Å². The number of ether oxygens (including phenoxy) is 1. The van der Waals surface area contributed by atoms with E-state index in [1.54, 1.807) is 19.1 Å².